The van der Waals surface area contributed by atoms with E-state index in [1.54, 1.807) is 0 Å². The van der Waals surface area contributed by atoms with Crippen LogP contribution in [-0.2, 0) is 0 Å². The van der Waals surface area contributed by atoms with Crippen molar-refractivity contribution in [2.45, 2.75) is 26.2 Å². The average Bonchev–Trinajstić information content (AvgIpc) is 2.44. The lowest BCUT2D eigenvalue weighted by Gasteiger charge is -2.15. The summed E-state index contributed by atoms with van der Waals surface area (Å²) in [6, 6.07) is 11.2. The van der Waals surface area contributed by atoms with E-state index in [1.165, 1.54) is 6.92 Å². The summed E-state index contributed by atoms with van der Waals surface area (Å²) in [5.74, 6) is -2.05. The van der Waals surface area contributed by atoms with Crippen molar-refractivity contribution in [1.29, 1.82) is 0 Å². The zero-order chi connectivity index (χ0) is 14.7. The van der Waals surface area contributed by atoms with Crippen LogP contribution in [0.5, 0.6) is 0 Å². The van der Waals surface area contributed by atoms with Gasteiger partial charge in [-0.1, -0.05) is 37.3 Å². The van der Waals surface area contributed by atoms with Crippen LogP contribution in [0.15, 0.2) is 42.5 Å². The third-order valence-electron chi connectivity index (χ3n) is 3.44. The summed E-state index contributed by atoms with van der Waals surface area (Å²) in [6.07, 6.45) is 0.539. The fraction of sp³-hybridized carbons (Fsp3) is 0.235. The van der Waals surface area contributed by atoms with E-state index in [2.05, 4.69) is 0 Å². The van der Waals surface area contributed by atoms with Gasteiger partial charge in [0.1, 0.15) is 11.6 Å². The second kappa shape index (κ2) is 5.95. The minimum absolute atomic E-state index is 0.177. The summed E-state index contributed by atoms with van der Waals surface area (Å²) in [7, 11) is 0. The Hall–Kier alpha value is -2.03. The monoisotopic (exact) mass is 274 g/mol. The topological polar surface area (TPSA) is 17.1 Å². The number of Topliss-reactive ketones (excluding diaryl/α,β-unsaturated/α-hetero) is 1. The van der Waals surface area contributed by atoms with Crippen LogP contribution in [0.4, 0.5) is 8.78 Å². The van der Waals surface area contributed by atoms with Gasteiger partial charge in [0.05, 0.1) is 5.56 Å². The molecule has 0 bridgehead atoms. The normalized spacial score (nSPS) is 12.2. The molecule has 3 heteroatoms. The van der Waals surface area contributed by atoms with E-state index in [0.29, 0.717) is 6.42 Å². The molecular formula is C17H16F2O. The molecule has 0 aromatic heterocycles. The minimum Gasteiger partial charge on any atom is -0.293 e. The van der Waals surface area contributed by atoms with Crippen LogP contribution in [0.25, 0.3) is 0 Å². The van der Waals surface area contributed by atoms with Gasteiger partial charge >= 0.3 is 0 Å². The van der Waals surface area contributed by atoms with E-state index in [-0.39, 0.29) is 16.9 Å². The summed E-state index contributed by atoms with van der Waals surface area (Å²) in [4.78, 5) is 12.5. The second-order valence-corrected chi connectivity index (χ2v) is 4.82. The molecule has 1 unspecified atom stereocenters. The van der Waals surface area contributed by atoms with Crippen LogP contribution in [-0.4, -0.2) is 5.78 Å². The number of carbonyl (C=O) groups excluding carboxylic acids is 1. The third-order valence-corrected chi connectivity index (χ3v) is 3.44. The van der Waals surface area contributed by atoms with Crippen molar-refractivity contribution in [2.75, 3.05) is 0 Å². The van der Waals surface area contributed by atoms with Crippen LogP contribution in [0, 0.1) is 18.6 Å². The molecule has 0 N–H and O–H groups in total. The first kappa shape index (κ1) is 14.4. The van der Waals surface area contributed by atoms with Gasteiger partial charge in [-0.25, -0.2) is 8.78 Å². The molecule has 0 aliphatic heterocycles. The number of halogens is 2. The highest BCUT2D eigenvalue weighted by Gasteiger charge is 2.23. The van der Waals surface area contributed by atoms with Crippen molar-refractivity contribution in [2.24, 2.45) is 0 Å². The highest BCUT2D eigenvalue weighted by molar-refractivity contribution is 6.01. The van der Waals surface area contributed by atoms with Gasteiger partial charge in [0, 0.05) is 5.92 Å². The van der Waals surface area contributed by atoms with E-state index in [1.807, 2.05) is 37.3 Å². The van der Waals surface area contributed by atoms with E-state index in [9.17, 15) is 13.6 Å². The van der Waals surface area contributed by atoms with E-state index >= 15 is 0 Å². The fourth-order valence-electron chi connectivity index (χ4n) is 2.28. The number of ketones is 1. The Bertz CT molecular complexity index is 620. The van der Waals surface area contributed by atoms with Gasteiger partial charge in [-0.2, -0.15) is 0 Å². The first-order valence-electron chi connectivity index (χ1n) is 6.59. The smallest absolute Gasteiger partial charge is 0.173 e. The molecule has 0 spiro atoms. The Kier molecular flexibility index (Phi) is 4.28. The molecule has 0 aliphatic rings. The number of rotatable bonds is 4. The summed E-state index contributed by atoms with van der Waals surface area (Å²) in [6.45, 7) is 3.33. The average molecular weight is 274 g/mol. The molecule has 0 saturated heterocycles. The summed E-state index contributed by atoms with van der Waals surface area (Å²) in [5, 5.41) is 0. The van der Waals surface area contributed by atoms with Crippen molar-refractivity contribution in [3.8, 4) is 0 Å². The Labute approximate surface area is 117 Å². The maximum absolute atomic E-state index is 13.9. The molecule has 0 radical (unpaired) electrons. The molecule has 1 atom stereocenters. The Balaban J connectivity index is 2.42. The first-order chi connectivity index (χ1) is 9.54. The van der Waals surface area contributed by atoms with Gasteiger partial charge < -0.3 is 0 Å². The van der Waals surface area contributed by atoms with E-state index in [4.69, 9.17) is 0 Å². The fourth-order valence-corrected chi connectivity index (χ4v) is 2.28. The Morgan fingerprint density at radius 3 is 2.35 bits per heavy atom. The number of aryl methyl sites for hydroxylation is 1. The third kappa shape index (κ3) is 2.77. The Morgan fingerprint density at radius 2 is 1.75 bits per heavy atom. The standard InChI is InChI=1S/C17H16F2O/c1-3-13(12-7-5-4-6-8-12)17(20)14-10-15(18)11(2)9-16(14)19/h4-10,13H,3H2,1-2H3. The summed E-state index contributed by atoms with van der Waals surface area (Å²) >= 11 is 0. The van der Waals surface area contributed by atoms with Crippen LogP contribution >= 0.6 is 0 Å². The van der Waals surface area contributed by atoms with Gasteiger partial charge in [-0.3, -0.25) is 4.79 Å². The zero-order valence-electron chi connectivity index (χ0n) is 11.5. The lowest BCUT2D eigenvalue weighted by molar-refractivity contribution is 0.0953. The molecule has 2 aromatic carbocycles. The summed E-state index contributed by atoms with van der Waals surface area (Å²) in [5.41, 5.74) is 0.844. The van der Waals surface area contributed by atoms with Crippen LogP contribution in [0.1, 0.15) is 40.7 Å². The molecule has 0 aliphatic carbocycles. The maximum Gasteiger partial charge on any atom is 0.173 e. The predicted molar refractivity (Wildman–Crippen MR) is 74.9 cm³/mol. The first-order valence-corrected chi connectivity index (χ1v) is 6.59. The number of hydrogen-bond acceptors (Lipinski definition) is 1. The highest BCUT2D eigenvalue weighted by atomic mass is 19.1. The molecule has 104 valence electrons. The van der Waals surface area contributed by atoms with Crippen molar-refractivity contribution >= 4 is 5.78 Å². The summed E-state index contributed by atoms with van der Waals surface area (Å²) < 4.78 is 27.5. The predicted octanol–water partition coefficient (Wildman–Crippen LogP) is 4.65. The molecule has 0 saturated carbocycles. The van der Waals surface area contributed by atoms with Crippen LogP contribution in [0.2, 0.25) is 0 Å². The van der Waals surface area contributed by atoms with Gasteiger partial charge in [0.15, 0.2) is 5.78 Å². The SMILES string of the molecule is CCC(C(=O)c1cc(F)c(C)cc1F)c1ccccc1. The lowest BCUT2D eigenvalue weighted by atomic mass is 9.88. The van der Waals surface area contributed by atoms with E-state index < -0.39 is 17.6 Å². The lowest BCUT2D eigenvalue weighted by Crippen LogP contribution is -2.14. The Morgan fingerprint density at radius 1 is 1.10 bits per heavy atom. The van der Waals surface area contributed by atoms with Crippen molar-refractivity contribution < 1.29 is 13.6 Å². The van der Waals surface area contributed by atoms with Crippen molar-refractivity contribution in [1.82, 2.24) is 0 Å². The largest absolute Gasteiger partial charge is 0.293 e. The van der Waals surface area contributed by atoms with Crippen molar-refractivity contribution in [3.05, 3.63) is 70.8 Å². The minimum atomic E-state index is -0.664. The molecule has 0 fully saturated rings. The maximum atomic E-state index is 13.9. The van der Waals surface area contributed by atoms with Gasteiger partial charge in [0.2, 0.25) is 0 Å². The second-order valence-electron chi connectivity index (χ2n) is 4.82. The van der Waals surface area contributed by atoms with Gasteiger partial charge in [0.25, 0.3) is 0 Å². The molecule has 0 amide bonds. The molecule has 20 heavy (non-hydrogen) atoms. The van der Waals surface area contributed by atoms with Gasteiger partial charge in [-0.05, 0) is 36.6 Å². The molecule has 1 nitrogen and oxygen atoms in total. The highest BCUT2D eigenvalue weighted by Crippen LogP contribution is 2.26. The van der Waals surface area contributed by atoms with Crippen LogP contribution < -0.4 is 0 Å². The number of benzene rings is 2. The molecular weight excluding hydrogens is 258 g/mol. The molecule has 2 rings (SSSR count). The quantitative estimate of drug-likeness (QED) is 0.742. The van der Waals surface area contributed by atoms with Gasteiger partial charge in [-0.15, -0.1) is 0 Å². The number of hydrogen-bond donors (Lipinski definition) is 0. The van der Waals surface area contributed by atoms with Crippen molar-refractivity contribution in [3.63, 3.8) is 0 Å². The number of carbonyl (C=O) groups is 1. The van der Waals surface area contributed by atoms with E-state index in [0.717, 1.165) is 17.7 Å². The zero-order valence-corrected chi connectivity index (χ0v) is 11.5. The molecule has 2 aromatic rings. The molecule has 0 heterocycles. The van der Waals surface area contributed by atoms with Crippen LogP contribution in [0.3, 0.4) is 0 Å².